The number of methoxy groups -OCH3 is 1. The molecule has 2 nitrogen and oxygen atoms in total. The predicted octanol–water partition coefficient (Wildman–Crippen LogP) is 6.22. The van der Waals surface area contributed by atoms with Crippen molar-refractivity contribution >= 4 is 40.5 Å². The second-order valence-electron chi connectivity index (χ2n) is 4.62. The highest BCUT2D eigenvalue weighted by Crippen LogP contribution is 2.33. The van der Waals surface area contributed by atoms with Crippen molar-refractivity contribution < 1.29 is 4.74 Å². The Hall–Kier alpha value is -1.09. The van der Waals surface area contributed by atoms with Gasteiger partial charge in [0.2, 0.25) is 0 Å². The van der Waals surface area contributed by atoms with E-state index in [4.69, 9.17) is 39.5 Å². The van der Waals surface area contributed by atoms with Crippen LogP contribution in [0.2, 0.25) is 15.1 Å². The number of hydrogen-bond donors (Lipinski definition) is 1. The molecular formula is C16H16Cl3NO. The first kappa shape index (κ1) is 16.3. The minimum absolute atomic E-state index is 0.0839. The lowest BCUT2D eigenvalue weighted by Gasteiger charge is -2.20. The summed E-state index contributed by atoms with van der Waals surface area (Å²) >= 11 is 18.3. The summed E-state index contributed by atoms with van der Waals surface area (Å²) in [6, 6.07) is 11.2. The second kappa shape index (κ2) is 7.26. The maximum Gasteiger partial charge on any atom is 0.139 e. The fraction of sp³-hybridized carbons (Fsp3) is 0.250. The van der Waals surface area contributed by atoms with Crippen LogP contribution in [-0.4, -0.2) is 7.11 Å². The van der Waals surface area contributed by atoms with E-state index in [1.54, 1.807) is 19.2 Å². The smallest absolute Gasteiger partial charge is 0.139 e. The number of anilines is 1. The molecule has 0 aliphatic rings. The van der Waals surface area contributed by atoms with E-state index in [0.717, 1.165) is 17.7 Å². The van der Waals surface area contributed by atoms with Gasteiger partial charge in [0.05, 0.1) is 18.2 Å². The lowest BCUT2D eigenvalue weighted by molar-refractivity contribution is 0.415. The van der Waals surface area contributed by atoms with Gasteiger partial charge in [-0.3, -0.25) is 0 Å². The molecule has 0 radical (unpaired) electrons. The minimum atomic E-state index is 0.0839. The van der Waals surface area contributed by atoms with E-state index in [0.29, 0.717) is 20.8 Å². The summed E-state index contributed by atoms with van der Waals surface area (Å²) in [5.41, 5.74) is 1.94. The van der Waals surface area contributed by atoms with Crippen LogP contribution in [0.1, 0.15) is 24.9 Å². The van der Waals surface area contributed by atoms with E-state index in [9.17, 15) is 0 Å². The van der Waals surface area contributed by atoms with Gasteiger partial charge in [0.15, 0.2) is 0 Å². The average molecular weight is 345 g/mol. The zero-order chi connectivity index (χ0) is 15.4. The van der Waals surface area contributed by atoms with Crippen molar-refractivity contribution in [3.05, 3.63) is 57.0 Å². The van der Waals surface area contributed by atoms with Crippen LogP contribution in [0.3, 0.4) is 0 Å². The summed E-state index contributed by atoms with van der Waals surface area (Å²) in [5, 5.41) is 5.31. The first-order valence-corrected chi connectivity index (χ1v) is 7.73. The van der Waals surface area contributed by atoms with E-state index in [2.05, 4.69) is 12.2 Å². The molecule has 5 heteroatoms. The highest BCUT2D eigenvalue weighted by Gasteiger charge is 2.14. The number of hydrogen-bond acceptors (Lipinski definition) is 2. The van der Waals surface area contributed by atoms with Crippen LogP contribution in [0, 0.1) is 0 Å². The number of nitrogens with one attached hydrogen (secondary N) is 1. The van der Waals surface area contributed by atoms with Crippen LogP contribution in [0.4, 0.5) is 5.69 Å². The molecule has 0 aliphatic carbocycles. The molecule has 2 aromatic carbocycles. The highest BCUT2D eigenvalue weighted by atomic mass is 35.5. The molecule has 0 spiro atoms. The maximum atomic E-state index is 6.28. The van der Waals surface area contributed by atoms with Crippen LogP contribution in [-0.2, 0) is 0 Å². The van der Waals surface area contributed by atoms with Crippen molar-refractivity contribution in [1.82, 2.24) is 0 Å². The summed E-state index contributed by atoms with van der Waals surface area (Å²) < 4.78 is 5.23. The summed E-state index contributed by atoms with van der Waals surface area (Å²) in [6.07, 6.45) is 0.881. The Labute approximate surface area is 140 Å². The molecule has 0 fully saturated rings. The number of ether oxygens (including phenoxy) is 1. The van der Waals surface area contributed by atoms with Gasteiger partial charge in [-0.25, -0.2) is 0 Å². The van der Waals surface area contributed by atoms with E-state index >= 15 is 0 Å². The fourth-order valence-corrected chi connectivity index (χ4v) is 2.87. The maximum absolute atomic E-state index is 6.28. The second-order valence-corrected chi connectivity index (χ2v) is 5.87. The average Bonchev–Trinajstić information content (AvgIpc) is 2.47. The molecule has 0 aromatic heterocycles. The van der Waals surface area contributed by atoms with Crippen LogP contribution >= 0.6 is 34.8 Å². The Balaban J connectivity index is 2.26. The molecule has 1 N–H and O–H groups in total. The fourth-order valence-electron chi connectivity index (χ4n) is 2.13. The van der Waals surface area contributed by atoms with E-state index < -0.39 is 0 Å². The topological polar surface area (TPSA) is 21.3 Å². The quantitative estimate of drug-likeness (QED) is 0.695. The third kappa shape index (κ3) is 3.97. The van der Waals surface area contributed by atoms with Crippen molar-refractivity contribution in [3.63, 3.8) is 0 Å². The van der Waals surface area contributed by atoms with Crippen LogP contribution < -0.4 is 10.1 Å². The van der Waals surface area contributed by atoms with E-state index in [1.807, 2.05) is 24.3 Å². The molecule has 0 saturated carbocycles. The zero-order valence-corrected chi connectivity index (χ0v) is 14.1. The zero-order valence-electron chi connectivity index (χ0n) is 11.8. The van der Waals surface area contributed by atoms with Crippen molar-refractivity contribution in [2.24, 2.45) is 0 Å². The Bertz CT molecular complexity index is 631. The normalized spacial score (nSPS) is 12.0. The number of halogens is 3. The van der Waals surface area contributed by atoms with Crippen molar-refractivity contribution in [3.8, 4) is 5.75 Å². The first-order chi connectivity index (χ1) is 10.0. The molecule has 0 heterocycles. The molecule has 1 atom stereocenters. The van der Waals surface area contributed by atoms with Gasteiger partial charge < -0.3 is 10.1 Å². The first-order valence-electron chi connectivity index (χ1n) is 6.60. The molecule has 1 unspecified atom stereocenters. The molecule has 112 valence electrons. The molecular weight excluding hydrogens is 329 g/mol. The largest absolute Gasteiger partial charge is 0.495 e. The standard InChI is InChI=1S/C16H16Cl3NO/c1-3-15(12-6-4-10(17)8-14(12)19)20-11-5-7-13(18)16(9-11)21-2/h4-9,15,20H,3H2,1-2H3. The number of benzene rings is 2. The summed E-state index contributed by atoms with van der Waals surface area (Å²) in [7, 11) is 1.60. The molecule has 0 aliphatic heterocycles. The lowest BCUT2D eigenvalue weighted by Crippen LogP contribution is -2.10. The van der Waals surface area contributed by atoms with Crippen LogP contribution in [0.25, 0.3) is 0 Å². The summed E-state index contributed by atoms with van der Waals surface area (Å²) in [6.45, 7) is 2.09. The molecule has 0 amide bonds. The molecule has 2 rings (SSSR count). The summed E-state index contributed by atoms with van der Waals surface area (Å²) in [5.74, 6) is 0.638. The Morgan fingerprint density at radius 2 is 1.81 bits per heavy atom. The van der Waals surface area contributed by atoms with Crippen LogP contribution in [0.5, 0.6) is 5.75 Å². The van der Waals surface area contributed by atoms with Gasteiger partial charge in [-0.2, -0.15) is 0 Å². The lowest BCUT2D eigenvalue weighted by atomic mass is 10.0. The minimum Gasteiger partial charge on any atom is -0.495 e. The molecule has 0 saturated heterocycles. The molecule has 21 heavy (non-hydrogen) atoms. The monoisotopic (exact) mass is 343 g/mol. The van der Waals surface area contributed by atoms with Crippen LogP contribution in [0.15, 0.2) is 36.4 Å². The van der Waals surface area contributed by atoms with Gasteiger partial charge in [-0.05, 0) is 36.2 Å². The third-order valence-electron chi connectivity index (χ3n) is 3.24. The SMILES string of the molecule is CCC(Nc1ccc(Cl)c(OC)c1)c1ccc(Cl)cc1Cl. The van der Waals surface area contributed by atoms with Gasteiger partial charge in [-0.15, -0.1) is 0 Å². The summed E-state index contributed by atoms with van der Waals surface area (Å²) in [4.78, 5) is 0. The van der Waals surface area contributed by atoms with E-state index in [1.165, 1.54) is 0 Å². The van der Waals surface area contributed by atoms with E-state index in [-0.39, 0.29) is 6.04 Å². The number of rotatable bonds is 5. The van der Waals surface area contributed by atoms with Gasteiger partial charge in [0.1, 0.15) is 5.75 Å². The Kier molecular flexibility index (Phi) is 5.63. The van der Waals surface area contributed by atoms with Gasteiger partial charge in [0.25, 0.3) is 0 Å². The highest BCUT2D eigenvalue weighted by molar-refractivity contribution is 6.35. The van der Waals surface area contributed by atoms with Gasteiger partial charge in [0, 0.05) is 21.8 Å². The Morgan fingerprint density at radius 3 is 2.43 bits per heavy atom. The van der Waals surface area contributed by atoms with Gasteiger partial charge >= 0.3 is 0 Å². The third-order valence-corrected chi connectivity index (χ3v) is 4.11. The molecule has 2 aromatic rings. The molecule has 0 bridgehead atoms. The van der Waals surface area contributed by atoms with Gasteiger partial charge in [-0.1, -0.05) is 47.8 Å². The Morgan fingerprint density at radius 1 is 1.05 bits per heavy atom. The predicted molar refractivity (Wildman–Crippen MR) is 91.1 cm³/mol. The van der Waals surface area contributed by atoms with Crippen molar-refractivity contribution in [2.45, 2.75) is 19.4 Å². The van der Waals surface area contributed by atoms with Crippen molar-refractivity contribution in [2.75, 3.05) is 12.4 Å². The van der Waals surface area contributed by atoms with Crippen molar-refractivity contribution in [1.29, 1.82) is 0 Å².